The molecular weight excluding hydrogens is 223 g/mol. The number of nitrogens with two attached hydrogens (primary N) is 2. The summed E-state index contributed by atoms with van der Waals surface area (Å²) in [7, 11) is 1.64. The van der Waals surface area contributed by atoms with Crippen LogP contribution >= 0.6 is 24.8 Å². The van der Waals surface area contributed by atoms with Gasteiger partial charge in [0.1, 0.15) is 5.75 Å². The Hall–Kier alpha value is -0.480. The lowest BCUT2D eigenvalue weighted by molar-refractivity contribution is 0.414. The zero-order valence-electron chi connectivity index (χ0n) is 7.97. The van der Waals surface area contributed by atoms with Gasteiger partial charge in [-0.1, -0.05) is 12.1 Å². The highest BCUT2D eigenvalue weighted by Gasteiger charge is 2.01. The van der Waals surface area contributed by atoms with Gasteiger partial charge in [0.15, 0.2) is 0 Å². The third-order valence-corrected chi connectivity index (χ3v) is 1.80. The molecule has 1 aromatic rings. The van der Waals surface area contributed by atoms with Gasteiger partial charge in [0.05, 0.1) is 7.11 Å². The average molecular weight is 239 g/mol. The fourth-order valence-electron chi connectivity index (χ4n) is 0.987. The van der Waals surface area contributed by atoms with Crippen molar-refractivity contribution in [1.29, 1.82) is 0 Å². The Morgan fingerprint density at radius 2 is 1.71 bits per heavy atom. The van der Waals surface area contributed by atoms with Gasteiger partial charge in [0, 0.05) is 12.6 Å². The van der Waals surface area contributed by atoms with E-state index in [1.807, 2.05) is 24.3 Å². The van der Waals surface area contributed by atoms with Crippen molar-refractivity contribution in [3.8, 4) is 5.75 Å². The predicted octanol–water partition coefficient (Wildman–Crippen LogP) is 1.50. The van der Waals surface area contributed by atoms with Crippen LogP contribution in [-0.4, -0.2) is 13.7 Å². The Morgan fingerprint density at radius 1 is 1.21 bits per heavy atom. The van der Waals surface area contributed by atoms with Gasteiger partial charge in [-0.05, 0) is 17.7 Å². The summed E-state index contributed by atoms with van der Waals surface area (Å²) < 4.78 is 5.01. The SMILES string of the molecule is COc1ccc(C(N)CN)cc1.Cl.Cl. The van der Waals surface area contributed by atoms with E-state index >= 15 is 0 Å². The van der Waals surface area contributed by atoms with E-state index in [2.05, 4.69) is 0 Å². The number of benzene rings is 1. The second-order valence-electron chi connectivity index (χ2n) is 2.62. The molecule has 14 heavy (non-hydrogen) atoms. The fraction of sp³-hybridized carbons (Fsp3) is 0.333. The molecule has 1 rings (SSSR count). The van der Waals surface area contributed by atoms with Gasteiger partial charge in [0.25, 0.3) is 0 Å². The van der Waals surface area contributed by atoms with Gasteiger partial charge in [0.2, 0.25) is 0 Å². The van der Waals surface area contributed by atoms with E-state index in [-0.39, 0.29) is 30.9 Å². The van der Waals surface area contributed by atoms with Crippen LogP contribution in [-0.2, 0) is 0 Å². The summed E-state index contributed by atoms with van der Waals surface area (Å²) in [5.74, 6) is 0.836. The highest BCUT2D eigenvalue weighted by Crippen LogP contribution is 2.14. The van der Waals surface area contributed by atoms with Crippen molar-refractivity contribution in [2.24, 2.45) is 11.5 Å². The standard InChI is InChI=1S/C9H14N2O.2ClH/c1-12-8-4-2-7(3-5-8)9(11)6-10;;/h2-5,9H,6,10-11H2,1H3;2*1H. The first-order valence-corrected chi connectivity index (χ1v) is 3.87. The first-order valence-electron chi connectivity index (χ1n) is 3.87. The second-order valence-corrected chi connectivity index (χ2v) is 2.62. The lowest BCUT2D eigenvalue weighted by Gasteiger charge is -2.08. The molecule has 0 saturated heterocycles. The predicted molar refractivity (Wildman–Crippen MR) is 63.5 cm³/mol. The molecule has 0 saturated carbocycles. The molecule has 0 bridgehead atoms. The number of rotatable bonds is 3. The molecular formula is C9H16Cl2N2O. The zero-order valence-corrected chi connectivity index (χ0v) is 9.61. The Bertz CT molecular complexity index is 241. The first-order chi connectivity index (χ1) is 5.77. The molecule has 0 aliphatic heterocycles. The summed E-state index contributed by atoms with van der Waals surface area (Å²) in [5, 5.41) is 0. The van der Waals surface area contributed by atoms with Crippen molar-refractivity contribution < 1.29 is 4.74 Å². The minimum atomic E-state index is -0.0732. The molecule has 0 spiro atoms. The van der Waals surface area contributed by atoms with Crippen molar-refractivity contribution >= 4 is 24.8 Å². The van der Waals surface area contributed by atoms with Crippen molar-refractivity contribution in [2.75, 3.05) is 13.7 Å². The molecule has 0 aromatic heterocycles. The average Bonchev–Trinajstić information content (AvgIpc) is 2.17. The van der Waals surface area contributed by atoms with E-state index in [4.69, 9.17) is 16.2 Å². The highest BCUT2D eigenvalue weighted by atomic mass is 35.5. The number of hydrogen-bond acceptors (Lipinski definition) is 3. The van der Waals surface area contributed by atoms with Gasteiger partial charge in [-0.15, -0.1) is 24.8 Å². The Morgan fingerprint density at radius 3 is 2.07 bits per heavy atom. The molecule has 0 heterocycles. The molecule has 3 nitrogen and oxygen atoms in total. The monoisotopic (exact) mass is 238 g/mol. The van der Waals surface area contributed by atoms with E-state index in [0.29, 0.717) is 6.54 Å². The van der Waals surface area contributed by atoms with Crippen molar-refractivity contribution in [3.63, 3.8) is 0 Å². The third-order valence-electron chi connectivity index (χ3n) is 1.80. The van der Waals surface area contributed by atoms with Gasteiger partial charge in [-0.3, -0.25) is 0 Å². The third kappa shape index (κ3) is 4.15. The second kappa shape index (κ2) is 7.88. The molecule has 1 aromatic carbocycles. The van der Waals surface area contributed by atoms with Crippen molar-refractivity contribution in [2.45, 2.75) is 6.04 Å². The number of hydrogen-bond donors (Lipinski definition) is 2. The fourth-order valence-corrected chi connectivity index (χ4v) is 0.987. The zero-order chi connectivity index (χ0) is 8.97. The van der Waals surface area contributed by atoms with Crippen molar-refractivity contribution in [3.05, 3.63) is 29.8 Å². The summed E-state index contributed by atoms with van der Waals surface area (Å²) >= 11 is 0. The molecule has 0 aliphatic carbocycles. The van der Waals surface area contributed by atoms with Crippen LogP contribution in [0.5, 0.6) is 5.75 Å². The Labute approximate surface area is 96.6 Å². The van der Waals surface area contributed by atoms with Crippen LogP contribution in [0.2, 0.25) is 0 Å². The maximum Gasteiger partial charge on any atom is 0.118 e. The normalized spacial score (nSPS) is 10.8. The molecule has 0 fully saturated rings. The van der Waals surface area contributed by atoms with Crippen LogP contribution in [0.4, 0.5) is 0 Å². The molecule has 1 unspecified atom stereocenters. The maximum absolute atomic E-state index is 5.72. The molecule has 1 atom stereocenters. The number of ether oxygens (including phenoxy) is 1. The minimum absolute atomic E-state index is 0. The summed E-state index contributed by atoms with van der Waals surface area (Å²) in [4.78, 5) is 0. The van der Waals surface area contributed by atoms with E-state index < -0.39 is 0 Å². The van der Waals surface area contributed by atoms with Gasteiger partial charge >= 0.3 is 0 Å². The lowest BCUT2D eigenvalue weighted by Crippen LogP contribution is -2.20. The lowest BCUT2D eigenvalue weighted by atomic mass is 10.1. The van der Waals surface area contributed by atoms with Crippen LogP contribution in [0, 0.1) is 0 Å². The van der Waals surface area contributed by atoms with Crippen LogP contribution in [0.25, 0.3) is 0 Å². The molecule has 0 radical (unpaired) electrons. The summed E-state index contributed by atoms with van der Waals surface area (Å²) in [6.07, 6.45) is 0. The topological polar surface area (TPSA) is 61.3 Å². The van der Waals surface area contributed by atoms with E-state index in [1.54, 1.807) is 7.11 Å². The van der Waals surface area contributed by atoms with Crippen molar-refractivity contribution in [1.82, 2.24) is 0 Å². The maximum atomic E-state index is 5.72. The Kier molecular flexibility index (Phi) is 8.99. The van der Waals surface area contributed by atoms with Crippen LogP contribution in [0.15, 0.2) is 24.3 Å². The van der Waals surface area contributed by atoms with E-state index in [1.165, 1.54) is 0 Å². The molecule has 4 N–H and O–H groups in total. The van der Waals surface area contributed by atoms with E-state index in [0.717, 1.165) is 11.3 Å². The molecule has 0 aliphatic rings. The van der Waals surface area contributed by atoms with Crippen LogP contribution < -0.4 is 16.2 Å². The summed E-state index contributed by atoms with van der Waals surface area (Å²) in [6, 6.07) is 7.54. The minimum Gasteiger partial charge on any atom is -0.497 e. The summed E-state index contributed by atoms with van der Waals surface area (Å²) in [5.41, 5.74) is 12.2. The van der Waals surface area contributed by atoms with Gasteiger partial charge in [-0.2, -0.15) is 0 Å². The number of halogens is 2. The first kappa shape index (κ1) is 16.0. The van der Waals surface area contributed by atoms with Gasteiger partial charge in [-0.25, -0.2) is 0 Å². The summed E-state index contributed by atoms with van der Waals surface area (Å²) in [6.45, 7) is 0.465. The van der Waals surface area contributed by atoms with E-state index in [9.17, 15) is 0 Å². The molecule has 82 valence electrons. The smallest absolute Gasteiger partial charge is 0.118 e. The largest absolute Gasteiger partial charge is 0.497 e. The Balaban J connectivity index is 0. The van der Waals surface area contributed by atoms with Crippen LogP contribution in [0.1, 0.15) is 11.6 Å². The quantitative estimate of drug-likeness (QED) is 0.840. The van der Waals surface area contributed by atoms with Gasteiger partial charge < -0.3 is 16.2 Å². The number of methoxy groups -OCH3 is 1. The molecule has 0 amide bonds. The van der Waals surface area contributed by atoms with Crippen LogP contribution in [0.3, 0.4) is 0 Å². The molecule has 5 heteroatoms. The highest BCUT2D eigenvalue weighted by molar-refractivity contribution is 5.85.